The Bertz CT molecular complexity index is 753. The summed E-state index contributed by atoms with van der Waals surface area (Å²) in [5, 5.41) is 9.22. The van der Waals surface area contributed by atoms with Gasteiger partial charge in [-0.3, -0.25) is 4.79 Å². The van der Waals surface area contributed by atoms with E-state index in [9.17, 15) is 14.3 Å². The fraction of sp³-hybridized carbons (Fsp3) is 0.167. The molecule has 1 N–H and O–H groups in total. The summed E-state index contributed by atoms with van der Waals surface area (Å²) in [5.41, 5.74) is 1.61. The smallest absolute Gasteiger partial charge is 0.254 e. The van der Waals surface area contributed by atoms with Crippen molar-refractivity contribution in [2.45, 2.75) is 6.10 Å². The predicted molar refractivity (Wildman–Crippen MR) is 80.7 cm³/mol. The Balaban J connectivity index is 1.73. The maximum Gasteiger partial charge on any atom is 0.254 e. The topological polar surface area (TPSA) is 40.5 Å². The van der Waals surface area contributed by atoms with Crippen LogP contribution in [0, 0.1) is 17.7 Å². The first-order valence-electron chi connectivity index (χ1n) is 6.97. The van der Waals surface area contributed by atoms with Crippen LogP contribution in [0.25, 0.3) is 0 Å². The molecule has 0 spiro atoms. The molecule has 1 aliphatic heterocycles. The highest BCUT2D eigenvalue weighted by Gasteiger charge is 2.29. The molecule has 110 valence electrons. The minimum Gasteiger partial charge on any atom is -0.389 e. The zero-order chi connectivity index (χ0) is 15.5. The van der Waals surface area contributed by atoms with Crippen molar-refractivity contribution in [2.24, 2.45) is 0 Å². The zero-order valence-corrected chi connectivity index (χ0v) is 11.8. The van der Waals surface area contributed by atoms with E-state index >= 15 is 0 Å². The van der Waals surface area contributed by atoms with Crippen molar-refractivity contribution in [1.29, 1.82) is 0 Å². The number of nitrogens with zero attached hydrogens (tertiary/aromatic N) is 1. The molecule has 1 aliphatic rings. The number of aliphatic hydroxyl groups is 1. The summed E-state index contributed by atoms with van der Waals surface area (Å²) in [6.45, 7) is 0.765. The maximum absolute atomic E-state index is 13.5. The molecule has 0 saturated carbocycles. The SMILES string of the molecule is O=C(c1ccc(C#Cc2ccccc2F)cc1)N1CC(O)C1. The lowest BCUT2D eigenvalue weighted by atomic mass is 10.1. The number of hydrogen-bond acceptors (Lipinski definition) is 2. The second-order valence-electron chi connectivity index (χ2n) is 5.17. The monoisotopic (exact) mass is 295 g/mol. The van der Waals surface area contributed by atoms with E-state index in [1.54, 1.807) is 47.4 Å². The molecular weight excluding hydrogens is 281 g/mol. The minimum absolute atomic E-state index is 0.0982. The second kappa shape index (κ2) is 6.00. The fourth-order valence-electron chi connectivity index (χ4n) is 2.20. The molecule has 1 fully saturated rings. The summed E-state index contributed by atoms with van der Waals surface area (Å²) >= 11 is 0. The van der Waals surface area contributed by atoms with Gasteiger partial charge in [0.2, 0.25) is 0 Å². The standard InChI is InChI=1S/C18H14FNO2/c19-17-4-2-1-3-14(17)8-5-13-6-9-15(10-7-13)18(22)20-11-16(21)12-20/h1-4,6-7,9-10,16,21H,11-12H2. The Morgan fingerprint density at radius 3 is 2.41 bits per heavy atom. The number of hydrogen-bond donors (Lipinski definition) is 1. The van der Waals surface area contributed by atoms with Crippen molar-refractivity contribution in [3.63, 3.8) is 0 Å². The third kappa shape index (κ3) is 3.00. The largest absolute Gasteiger partial charge is 0.389 e. The van der Waals surface area contributed by atoms with E-state index in [1.807, 2.05) is 0 Å². The van der Waals surface area contributed by atoms with Crippen LogP contribution in [0.2, 0.25) is 0 Å². The van der Waals surface area contributed by atoms with Gasteiger partial charge in [0.1, 0.15) is 5.82 Å². The number of β-amino-alcohol motifs (C(OH)–C–C–N with tert-alkyl or cyclic N) is 1. The van der Waals surface area contributed by atoms with Gasteiger partial charge in [0.15, 0.2) is 0 Å². The Morgan fingerprint density at radius 1 is 1.09 bits per heavy atom. The molecule has 3 nitrogen and oxygen atoms in total. The van der Waals surface area contributed by atoms with Gasteiger partial charge in [-0.2, -0.15) is 0 Å². The first-order chi connectivity index (χ1) is 10.6. The van der Waals surface area contributed by atoms with Crippen LogP contribution in [0.1, 0.15) is 21.5 Å². The third-order valence-corrected chi connectivity index (χ3v) is 3.50. The first-order valence-corrected chi connectivity index (χ1v) is 6.97. The summed E-state index contributed by atoms with van der Waals surface area (Å²) < 4.78 is 13.5. The molecule has 3 rings (SSSR count). The molecule has 0 atom stereocenters. The molecule has 4 heteroatoms. The van der Waals surface area contributed by atoms with Gasteiger partial charge in [0.25, 0.3) is 5.91 Å². The predicted octanol–water partition coefficient (Wildman–Crippen LogP) is 2.04. The molecular formula is C18H14FNO2. The Kier molecular flexibility index (Phi) is 3.90. The van der Waals surface area contributed by atoms with Crippen LogP contribution in [0.4, 0.5) is 4.39 Å². The molecule has 0 unspecified atom stereocenters. The van der Waals surface area contributed by atoms with Crippen LogP contribution in [0.3, 0.4) is 0 Å². The van der Waals surface area contributed by atoms with Crippen molar-refractivity contribution in [3.05, 3.63) is 71.0 Å². The van der Waals surface area contributed by atoms with E-state index in [0.717, 1.165) is 0 Å². The van der Waals surface area contributed by atoms with Crippen LogP contribution < -0.4 is 0 Å². The van der Waals surface area contributed by atoms with E-state index in [-0.39, 0.29) is 11.7 Å². The molecule has 2 aromatic carbocycles. The fourth-order valence-corrected chi connectivity index (χ4v) is 2.20. The van der Waals surface area contributed by atoms with Gasteiger partial charge >= 0.3 is 0 Å². The molecule has 0 aliphatic carbocycles. The zero-order valence-electron chi connectivity index (χ0n) is 11.8. The van der Waals surface area contributed by atoms with E-state index in [4.69, 9.17) is 0 Å². The molecule has 1 heterocycles. The second-order valence-corrected chi connectivity index (χ2v) is 5.17. The van der Waals surface area contributed by atoms with Gasteiger partial charge in [-0.25, -0.2) is 4.39 Å². The summed E-state index contributed by atoms with van der Waals surface area (Å²) in [5.74, 6) is 5.21. The molecule has 0 radical (unpaired) electrons. The quantitative estimate of drug-likeness (QED) is 0.818. The van der Waals surface area contributed by atoms with Crippen LogP contribution >= 0.6 is 0 Å². The summed E-state index contributed by atoms with van der Waals surface area (Å²) in [4.78, 5) is 13.6. The van der Waals surface area contributed by atoms with E-state index in [1.165, 1.54) is 6.07 Å². The molecule has 0 bridgehead atoms. The van der Waals surface area contributed by atoms with Crippen LogP contribution in [-0.2, 0) is 0 Å². The number of likely N-dealkylation sites (tertiary alicyclic amines) is 1. The molecule has 0 aromatic heterocycles. The Hall–Kier alpha value is -2.64. The van der Waals surface area contributed by atoms with E-state index in [2.05, 4.69) is 11.8 Å². The first kappa shape index (κ1) is 14.3. The molecule has 2 aromatic rings. The average molecular weight is 295 g/mol. The molecule has 1 amide bonds. The van der Waals surface area contributed by atoms with Gasteiger partial charge in [-0.05, 0) is 36.4 Å². The normalized spacial score (nSPS) is 14.0. The van der Waals surface area contributed by atoms with Crippen molar-refractivity contribution in [1.82, 2.24) is 4.90 Å². The Morgan fingerprint density at radius 2 is 1.77 bits per heavy atom. The number of carbonyl (C=O) groups is 1. The molecule has 22 heavy (non-hydrogen) atoms. The van der Waals surface area contributed by atoms with E-state index < -0.39 is 6.10 Å². The van der Waals surface area contributed by atoms with Crippen molar-refractivity contribution < 1.29 is 14.3 Å². The number of halogens is 1. The lowest BCUT2D eigenvalue weighted by molar-refractivity contribution is 0.00589. The molecule has 1 saturated heterocycles. The number of amides is 1. The number of aliphatic hydroxyl groups excluding tert-OH is 1. The Labute approximate surface area is 128 Å². The third-order valence-electron chi connectivity index (χ3n) is 3.50. The number of benzene rings is 2. The van der Waals surface area contributed by atoms with Crippen LogP contribution in [-0.4, -0.2) is 35.1 Å². The summed E-state index contributed by atoms with van der Waals surface area (Å²) in [7, 11) is 0. The highest BCUT2D eigenvalue weighted by Crippen LogP contribution is 2.14. The van der Waals surface area contributed by atoms with Crippen molar-refractivity contribution >= 4 is 5.91 Å². The van der Waals surface area contributed by atoms with Gasteiger partial charge in [0.05, 0.1) is 11.7 Å². The highest BCUT2D eigenvalue weighted by molar-refractivity contribution is 5.94. The van der Waals surface area contributed by atoms with Crippen molar-refractivity contribution in [3.8, 4) is 11.8 Å². The van der Waals surface area contributed by atoms with Gasteiger partial charge < -0.3 is 10.0 Å². The average Bonchev–Trinajstić information content (AvgIpc) is 2.51. The number of carbonyl (C=O) groups excluding carboxylic acids is 1. The van der Waals surface area contributed by atoms with Gasteiger partial charge in [0, 0.05) is 24.2 Å². The van der Waals surface area contributed by atoms with Gasteiger partial charge in [-0.1, -0.05) is 24.0 Å². The lowest BCUT2D eigenvalue weighted by Gasteiger charge is -2.35. The van der Waals surface area contributed by atoms with Crippen molar-refractivity contribution in [2.75, 3.05) is 13.1 Å². The van der Waals surface area contributed by atoms with Crippen LogP contribution in [0.15, 0.2) is 48.5 Å². The highest BCUT2D eigenvalue weighted by atomic mass is 19.1. The van der Waals surface area contributed by atoms with E-state index in [0.29, 0.717) is 29.8 Å². The minimum atomic E-state index is -0.408. The summed E-state index contributed by atoms with van der Waals surface area (Å²) in [6, 6.07) is 13.2. The summed E-state index contributed by atoms with van der Waals surface area (Å²) in [6.07, 6.45) is -0.408. The maximum atomic E-state index is 13.5. The van der Waals surface area contributed by atoms with Gasteiger partial charge in [-0.15, -0.1) is 0 Å². The van der Waals surface area contributed by atoms with Crippen LogP contribution in [0.5, 0.6) is 0 Å². The number of rotatable bonds is 1. The lowest BCUT2D eigenvalue weighted by Crippen LogP contribution is -2.53.